The van der Waals surface area contributed by atoms with Crippen molar-refractivity contribution in [3.63, 3.8) is 0 Å². The van der Waals surface area contributed by atoms with Gasteiger partial charge in [-0.3, -0.25) is 0 Å². The van der Waals surface area contributed by atoms with E-state index in [0.717, 1.165) is 35.6 Å². The molecule has 3 rings (SSSR count). The number of benzene rings is 1. The largest absolute Gasteiger partial charge is 0.459 e. The van der Waals surface area contributed by atoms with Gasteiger partial charge in [0.15, 0.2) is 0 Å². The van der Waals surface area contributed by atoms with Crippen LogP contribution in [0.25, 0.3) is 11.3 Å². The van der Waals surface area contributed by atoms with Gasteiger partial charge in [0.2, 0.25) is 5.95 Å². The first kappa shape index (κ1) is 16.2. The zero-order chi connectivity index (χ0) is 16.9. The summed E-state index contributed by atoms with van der Waals surface area (Å²) in [4.78, 5) is 0. The van der Waals surface area contributed by atoms with Gasteiger partial charge in [0.1, 0.15) is 11.5 Å². The molecule has 0 saturated carbocycles. The van der Waals surface area contributed by atoms with Crippen molar-refractivity contribution in [1.29, 1.82) is 0 Å². The lowest BCUT2D eigenvalue weighted by Crippen LogP contribution is -2.08. The predicted octanol–water partition coefficient (Wildman–Crippen LogP) is 3.01. The van der Waals surface area contributed by atoms with E-state index in [4.69, 9.17) is 4.42 Å². The van der Waals surface area contributed by atoms with E-state index >= 15 is 0 Å². The van der Waals surface area contributed by atoms with E-state index < -0.39 is 6.10 Å². The smallest absolute Gasteiger partial charge is 0.243 e. The highest BCUT2D eigenvalue weighted by Gasteiger charge is 2.09. The van der Waals surface area contributed by atoms with E-state index in [2.05, 4.69) is 27.8 Å². The first-order valence-electron chi connectivity index (χ1n) is 8.04. The Hall–Kier alpha value is -2.67. The zero-order valence-electron chi connectivity index (χ0n) is 13.8. The molecule has 0 saturated heterocycles. The third-order valence-electron chi connectivity index (χ3n) is 3.73. The summed E-state index contributed by atoms with van der Waals surface area (Å²) in [7, 11) is 0. The second-order valence-corrected chi connectivity index (χ2v) is 5.64. The first-order valence-corrected chi connectivity index (χ1v) is 8.04. The van der Waals surface area contributed by atoms with E-state index in [1.54, 1.807) is 11.6 Å². The molecule has 1 atom stereocenters. The minimum absolute atomic E-state index is 0.468. The highest BCUT2D eigenvalue weighted by atomic mass is 16.3. The minimum atomic E-state index is -0.468. The molecule has 7 heteroatoms. The summed E-state index contributed by atoms with van der Waals surface area (Å²) >= 11 is 0. The predicted molar refractivity (Wildman–Crippen MR) is 90.2 cm³/mol. The van der Waals surface area contributed by atoms with Crippen LogP contribution in [0.2, 0.25) is 0 Å². The summed E-state index contributed by atoms with van der Waals surface area (Å²) < 4.78 is 7.60. The maximum atomic E-state index is 9.56. The molecule has 0 radical (unpaired) electrons. The van der Waals surface area contributed by atoms with Gasteiger partial charge < -0.3 is 14.8 Å². The van der Waals surface area contributed by atoms with Gasteiger partial charge in [-0.25, -0.2) is 4.68 Å². The lowest BCUT2D eigenvalue weighted by Gasteiger charge is -2.05. The van der Waals surface area contributed by atoms with Crippen LogP contribution in [-0.4, -0.2) is 25.3 Å². The number of nitrogens with one attached hydrogen (secondary N) is 1. The standard InChI is InChI=1S/C17H21N5O2/c1-3-10-22-17(19-20-21-22)18-11-15-8-9-16(24-15)14-6-4-13(5-7-14)12(2)23/h4-9,12,23H,3,10-11H2,1-2H3,(H,18,19,21). The maximum Gasteiger partial charge on any atom is 0.243 e. The molecule has 1 unspecified atom stereocenters. The number of tetrazole rings is 1. The Morgan fingerprint density at radius 1 is 1.21 bits per heavy atom. The fourth-order valence-corrected chi connectivity index (χ4v) is 2.41. The number of hydrogen-bond donors (Lipinski definition) is 2. The molecule has 3 aromatic rings. The van der Waals surface area contributed by atoms with Crippen molar-refractivity contribution < 1.29 is 9.52 Å². The molecule has 0 spiro atoms. The van der Waals surface area contributed by atoms with Crippen molar-refractivity contribution >= 4 is 5.95 Å². The van der Waals surface area contributed by atoms with Crippen LogP contribution in [0.1, 0.15) is 37.7 Å². The number of aliphatic hydroxyl groups is 1. The third kappa shape index (κ3) is 3.62. The van der Waals surface area contributed by atoms with Crippen molar-refractivity contribution in [2.45, 2.75) is 39.5 Å². The molecule has 0 aliphatic heterocycles. The van der Waals surface area contributed by atoms with Gasteiger partial charge in [0.05, 0.1) is 12.6 Å². The van der Waals surface area contributed by atoms with Crippen LogP contribution >= 0.6 is 0 Å². The topological polar surface area (TPSA) is 89.0 Å². The summed E-state index contributed by atoms with van der Waals surface area (Å²) in [6, 6.07) is 11.6. The first-order chi connectivity index (χ1) is 11.7. The molecule has 0 aliphatic rings. The third-order valence-corrected chi connectivity index (χ3v) is 3.73. The number of rotatable bonds is 7. The number of aliphatic hydroxyl groups excluding tert-OH is 1. The van der Waals surface area contributed by atoms with E-state index in [0.29, 0.717) is 12.5 Å². The maximum absolute atomic E-state index is 9.56. The Morgan fingerprint density at radius 3 is 2.71 bits per heavy atom. The average molecular weight is 327 g/mol. The number of furan rings is 1. The van der Waals surface area contributed by atoms with Gasteiger partial charge in [0.25, 0.3) is 0 Å². The molecular weight excluding hydrogens is 306 g/mol. The van der Waals surface area contributed by atoms with Gasteiger partial charge in [-0.2, -0.15) is 0 Å². The van der Waals surface area contributed by atoms with Gasteiger partial charge in [-0.05, 0) is 41.5 Å². The van der Waals surface area contributed by atoms with Crippen LogP contribution in [0.15, 0.2) is 40.8 Å². The lowest BCUT2D eigenvalue weighted by atomic mass is 10.1. The number of anilines is 1. The van der Waals surface area contributed by atoms with Crippen LogP contribution < -0.4 is 5.32 Å². The van der Waals surface area contributed by atoms with Gasteiger partial charge >= 0.3 is 0 Å². The molecule has 1 aromatic carbocycles. The number of aromatic nitrogens is 4. The van der Waals surface area contributed by atoms with E-state index in [1.807, 2.05) is 36.4 Å². The lowest BCUT2D eigenvalue weighted by molar-refractivity contribution is 0.199. The Morgan fingerprint density at radius 2 is 2.00 bits per heavy atom. The van der Waals surface area contributed by atoms with Crippen molar-refractivity contribution in [2.24, 2.45) is 0 Å². The Labute approximate surface area is 140 Å². The van der Waals surface area contributed by atoms with E-state index in [9.17, 15) is 5.11 Å². The monoisotopic (exact) mass is 327 g/mol. The average Bonchev–Trinajstić information content (AvgIpc) is 3.23. The molecule has 2 aromatic heterocycles. The SMILES string of the molecule is CCCn1nnnc1NCc1ccc(-c2ccc(C(C)O)cc2)o1. The van der Waals surface area contributed by atoms with E-state index in [1.165, 1.54) is 0 Å². The molecule has 24 heavy (non-hydrogen) atoms. The van der Waals surface area contributed by atoms with Crippen LogP contribution in [0.3, 0.4) is 0 Å². The summed E-state index contributed by atoms with van der Waals surface area (Å²) in [6.45, 7) is 5.11. The summed E-state index contributed by atoms with van der Waals surface area (Å²) in [5.41, 5.74) is 1.86. The highest BCUT2D eigenvalue weighted by molar-refractivity contribution is 5.58. The van der Waals surface area contributed by atoms with Crippen LogP contribution in [0.5, 0.6) is 0 Å². The van der Waals surface area contributed by atoms with Crippen molar-refractivity contribution in [3.05, 3.63) is 47.7 Å². The molecule has 0 bridgehead atoms. The number of hydrogen-bond acceptors (Lipinski definition) is 6. The van der Waals surface area contributed by atoms with Gasteiger partial charge in [-0.1, -0.05) is 36.3 Å². The van der Waals surface area contributed by atoms with Crippen LogP contribution in [0.4, 0.5) is 5.95 Å². The number of aryl methyl sites for hydroxylation is 1. The van der Waals surface area contributed by atoms with Crippen LogP contribution in [0, 0.1) is 0 Å². The molecule has 7 nitrogen and oxygen atoms in total. The van der Waals surface area contributed by atoms with Crippen LogP contribution in [-0.2, 0) is 13.1 Å². The van der Waals surface area contributed by atoms with E-state index in [-0.39, 0.29) is 0 Å². The Bertz CT molecular complexity index is 776. The van der Waals surface area contributed by atoms with Crippen molar-refractivity contribution in [2.75, 3.05) is 5.32 Å². The number of nitrogens with zero attached hydrogens (tertiary/aromatic N) is 4. The fourth-order valence-electron chi connectivity index (χ4n) is 2.41. The molecule has 126 valence electrons. The second-order valence-electron chi connectivity index (χ2n) is 5.64. The summed E-state index contributed by atoms with van der Waals surface area (Å²) in [6.07, 6.45) is 0.497. The second kappa shape index (κ2) is 7.27. The minimum Gasteiger partial charge on any atom is -0.459 e. The molecular formula is C17H21N5O2. The summed E-state index contributed by atoms with van der Waals surface area (Å²) in [5, 5.41) is 24.3. The summed E-state index contributed by atoms with van der Waals surface area (Å²) in [5.74, 6) is 2.23. The Balaban J connectivity index is 1.66. The van der Waals surface area contributed by atoms with Crippen molar-refractivity contribution in [1.82, 2.24) is 20.2 Å². The molecule has 0 aliphatic carbocycles. The Kier molecular flexibility index (Phi) is 4.90. The zero-order valence-corrected chi connectivity index (χ0v) is 13.8. The van der Waals surface area contributed by atoms with Gasteiger partial charge in [-0.15, -0.1) is 0 Å². The van der Waals surface area contributed by atoms with Crippen molar-refractivity contribution in [3.8, 4) is 11.3 Å². The molecule has 2 heterocycles. The fraction of sp³-hybridized carbons (Fsp3) is 0.353. The van der Waals surface area contributed by atoms with Gasteiger partial charge in [0, 0.05) is 12.1 Å². The normalized spacial score (nSPS) is 12.3. The quantitative estimate of drug-likeness (QED) is 0.693. The molecule has 2 N–H and O–H groups in total. The molecule has 0 amide bonds. The highest BCUT2D eigenvalue weighted by Crippen LogP contribution is 2.24. The molecule has 0 fully saturated rings.